The molecule has 0 bridgehead atoms. The van der Waals surface area contributed by atoms with Crippen molar-refractivity contribution >= 4 is 40.6 Å². The lowest BCUT2D eigenvalue weighted by Gasteiger charge is -2.12. The zero-order valence-corrected chi connectivity index (χ0v) is 15.7. The molecule has 3 rings (SSSR count). The van der Waals surface area contributed by atoms with E-state index in [0.717, 1.165) is 11.3 Å². The number of hydrogen-bond donors (Lipinski definition) is 1. The first-order valence-electron chi connectivity index (χ1n) is 8.29. The lowest BCUT2D eigenvalue weighted by atomic mass is 10.2. The minimum Gasteiger partial charge on any atom is -0.497 e. The maximum Gasteiger partial charge on any atom is 0.335 e. The van der Waals surface area contributed by atoms with Gasteiger partial charge in [-0.3, -0.25) is 9.69 Å². The number of amidine groups is 1. The first kappa shape index (κ1) is 18.7. The normalized spacial score (nSPS) is 17.0. The van der Waals surface area contributed by atoms with Crippen LogP contribution in [0.4, 0.5) is 5.69 Å². The Kier molecular flexibility index (Phi) is 5.61. The van der Waals surface area contributed by atoms with Crippen LogP contribution in [0.15, 0.2) is 58.4 Å². The van der Waals surface area contributed by atoms with Crippen molar-refractivity contribution in [2.75, 3.05) is 13.7 Å². The summed E-state index contributed by atoms with van der Waals surface area (Å²) in [5.74, 6) is -0.330. The molecule has 0 radical (unpaired) electrons. The maximum absolute atomic E-state index is 12.7. The molecule has 2 aromatic carbocycles. The first-order chi connectivity index (χ1) is 13.0. The third-order valence-electron chi connectivity index (χ3n) is 3.96. The molecule has 6 nitrogen and oxygen atoms in total. The van der Waals surface area contributed by atoms with Crippen LogP contribution in [-0.4, -0.2) is 40.7 Å². The number of aromatic carboxylic acids is 1. The van der Waals surface area contributed by atoms with Crippen LogP contribution in [0, 0.1) is 0 Å². The third kappa shape index (κ3) is 4.20. The molecule has 27 heavy (non-hydrogen) atoms. The van der Waals surface area contributed by atoms with Gasteiger partial charge in [0.1, 0.15) is 5.75 Å². The van der Waals surface area contributed by atoms with Gasteiger partial charge in [-0.2, -0.15) is 0 Å². The number of thioether (sulfide) groups is 1. The number of ether oxygens (including phenoxy) is 1. The van der Waals surface area contributed by atoms with Crippen LogP contribution in [0.25, 0.3) is 6.08 Å². The van der Waals surface area contributed by atoms with E-state index in [1.165, 1.54) is 23.9 Å². The van der Waals surface area contributed by atoms with E-state index in [0.29, 0.717) is 22.3 Å². The van der Waals surface area contributed by atoms with E-state index in [1.807, 2.05) is 37.3 Å². The van der Waals surface area contributed by atoms with Crippen molar-refractivity contribution in [2.24, 2.45) is 4.99 Å². The second-order valence-electron chi connectivity index (χ2n) is 5.68. The fourth-order valence-corrected chi connectivity index (χ4v) is 3.57. The average molecular weight is 382 g/mol. The average Bonchev–Trinajstić information content (AvgIpc) is 2.97. The number of benzene rings is 2. The number of rotatable bonds is 5. The molecule has 1 N–H and O–H groups in total. The van der Waals surface area contributed by atoms with Gasteiger partial charge in [-0.25, -0.2) is 9.79 Å². The standard InChI is InChI=1S/C20H18N2O4S/c1-3-22-18(23)17(12-13-4-10-16(26-2)11-5-13)27-20(22)21-15-8-6-14(7-9-15)19(24)25/h4-12H,3H2,1-2H3,(H,24,25)/b17-12-,21-20?. The topological polar surface area (TPSA) is 79.2 Å². The predicted octanol–water partition coefficient (Wildman–Crippen LogP) is 4.02. The Morgan fingerprint density at radius 3 is 2.41 bits per heavy atom. The van der Waals surface area contributed by atoms with Gasteiger partial charge < -0.3 is 9.84 Å². The van der Waals surface area contributed by atoms with Crippen molar-refractivity contribution in [3.05, 3.63) is 64.6 Å². The van der Waals surface area contributed by atoms with Crippen LogP contribution in [0.1, 0.15) is 22.8 Å². The lowest BCUT2D eigenvalue weighted by Crippen LogP contribution is -2.28. The van der Waals surface area contributed by atoms with Gasteiger partial charge in [0.25, 0.3) is 5.91 Å². The molecule has 0 saturated carbocycles. The van der Waals surface area contributed by atoms with Crippen molar-refractivity contribution in [1.82, 2.24) is 4.90 Å². The van der Waals surface area contributed by atoms with E-state index in [-0.39, 0.29) is 11.5 Å². The summed E-state index contributed by atoms with van der Waals surface area (Å²) in [5, 5.41) is 9.55. The molecule has 1 saturated heterocycles. The highest BCUT2D eigenvalue weighted by molar-refractivity contribution is 8.18. The fourth-order valence-electron chi connectivity index (χ4n) is 2.51. The summed E-state index contributed by atoms with van der Waals surface area (Å²) >= 11 is 1.30. The molecular formula is C20H18N2O4S. The summed E-state index contributed by atoms with van der Waals surface area (Å²) in [6.07, 6.45) is 1.82. The van der Waals surface area contributed by atoms with Crippen molar-refractivity contribution in [3.8, 4) is 5.75 Å². The van der Waals surface area contributed by atoms with Gasteiger partial charge in [-0.15, -0.1) is 0 Å². The zero-order chi connectivity index (χ0) is 19.4. The molecule has 0 atom stereocenters. The van der Waals surface area contributed by atoms with Gasteiger partial charge >= 0.3 is 5.97 Å². The molecule has 1 heterocycles. The minimum absolute atomic E-state index is 0.0979. The minimum atomic E-state index is -0.987. The van der Waals surface area contributed by atoms with Gasteiger partial charge in [-0.1, -0.05) is 12.1 Å². The molecule has 0 spiro atoms. The van der Waals surface area contributed by atoms with Crippen LogP contribution in [0.5, 0.6) is 5.75 Å². The largest absolute Gasteiger partial charge is 0.497 e. The van der Waals surface area contributed by atoms with E-state index in [4.69, 9.17) is 9.84 Å². The molecule has 2 aromatic rings. The quantitative estimate of drug-likeness (QED) is 0.790. The van der Waals surface area contributed by atoms with Gasteiger partial charge in [0, 0.05) is 6.54 Å². The van der Waals surface area contributed by atoms with Crippen LogP contribution in [0.3, 0.4) is 0 Å². The second-order valence-corrected chi connectivity index (χ2v) is 6.69. The summed E-state index contributed by atoms with van der Waals surface area (Å²) in [6, 6.07) is 13.7. The van der Waals surface area contributed by atoms with Crippen molar-refractivity contribution in [3.63, 3.8) is 0 Å². The highest BCUT2D eigenvalue weighted by Crippen LogP contribution is 2.34. The summed E-state index contributed by atoms with van der Waals surface area (Å²) in [6.45, 7) is 2.38. The summed E-state index contributed by atoms with van der Waals surface area (Å²) in [7, 11) is 1.61. The summed E-state index contributed by atoms with van der Waals surface area (Å²) in [5.41, 5.74) is 1.69. The molecule has 0 unspecified atom stereocenters. The van der Waals surface area contributed by atoms with E-state index in [1.54, 1.807) is 24.1 Å². The third-order valence-corrected chi connectivity index (χ3v) is 4.96. The number of methoxy groups -OCH3 is 1. The molecule has 0 aliphatic carbocycles. The predicted molar refractivity (Wildman–Crippen MR) is 106 cm³/mol. The van der Waals surface area contributed by atoms with Gasteiger partial charge in [-0.05, 0) is 66.7 Å². The number of amides is 1. The van der Waals surface area contributed by atoms with Crippen LogP contribution in [0.2, 0.25) is 0 Å². The van der Waals surface area contributed by atoms with Crippen LogP contribution in [-0.2, 0) is 4.79 Å². The Labute approximate surface area is 161 Å². The number of carboxylic acid groups (broad SMARTS) is 1. The van der Waals surface area contributed by atoms with E-state index < -0.39 is 5.97 Å². The monoisotopic (exact) mass is 382 g/mol. The zero-order valence-electron chi connectivity index (χ0n) is 14.9. The smallest absolute Gasteiger partial charge is 0.335 e. The molecule has 0 aromatic heterocycles. The summed E-state index contributed by atoms with van der Waals surface area (Å²) in [4.78, 5) is 30.3. The number of likely N-dealkylation sites (N-methyl/N-ethyl adjacent to an activating group) is 1. The molecular weight excluding hydrogens is 364 g/mol. The molecule has 1 amide bonds. The van der Waals surface area contributed by atoms with Gasteiger partial charge in [0.2, 0.25) is 0 Å². The molecule has 1 fully saturated rings. The Hall–Kier alpha value is -3.06. The number of aliphatic imine (C=N–C) groups is 1. The fraction of sp³-hybridized carbons (Fsp3) is 0.150. The molecule has 1 aliphatic heterocycles. The molecule has 7 heteroatoms. The highest BCUT2D eigenvalue weighted by Gasteiger charge is 2.32. The summed E-state index contributed by atoms with van der Waals surface area (Å²) < 4.78 is 5.14. The van der Waals surface area contributed by atoms with Crippen molar-refractivity contribution in [2.45, 2.75) is 6.92 Å². The lowest BCUT2D eigenvalue weighted by molar-refractivity contribution is -0.122. The van der Waals surface area contributed by atoms with Crippen molar-refractivity contribution < 1.29 is 19.4 Å². The van der Waals surface area contributed by atoms with Gasteiger partial charge in [0.15, 0.2) is 5.17 Å². The van der Waals surface area contributed by atoms with E-state index >= 15 is 0 Å². The second kappa shape index (κ2) is 8.09. The highest BCUT2D eigenvalue weighted by atomic mass is 32.2. The van der Waals surface area contributed by atoms with Crippen LogP contribution < -0.4 is 4.74 Å². The number of hydrogen-bond acceptors (Lipinski definition) is 5. The number of nitrogens with zero attached hydrogens (tertiary/aromatic N) is 2. The Morgan fingerprint density at radius 2 is 1.85 bits per heavy atom. The first-order valence-corrected chi connectivity index (χ1v) is 9.11. The van der Waals surface area contributed by atoms with Crippen LogP contribution >= 0.6 is 11.8 Å². The van der Waals surface area contributed by atoms with E-state index in [9.17, 15) is 9.59 Å². The Bertz CT molecular complexity index is 918. The Balaban J connectivity index is 1.87. The SMILES string of the molecule is CCN1C(=O)/C(=C/c2ccc(OC)cc2)SC1=Nc1ccc(C(=O)O)cc1. The Morgan fingerprint density at radius 1 is 1.19 bits per heavy atom. The van der Waals surface area contributed by atoms with Crippen molar-refractivity contribution in [1.29, 1.82) is 0 Å². The number of carbonyl (C=O) groups is 2. The van der Waals surface area contributed by atoms with Gasteiger partial charge in [0.05, 0.1) is 23.3 Å². The van der Waals surface area contributed by atoms with E-state index in [2.05, 4.69) is 4.99 Å². The maximum atomic E-state index is 12.7. The number of carbonyl (C=O) groups excluding carboxylic acids is 1. The molecule has 138 valence electrons. The molecule has 1 aliphatic rings. The number of carboxylic acids is 1.